The highest BCUT2D eigenvalue weighted by atomic mass is 16.6. The van der Waals surface area contributed by atoms with Gasteiger partial charge in [0.05, 0.1) is 6.54 Å². The number of aliphatic hydroxyl groups excluding tert-OH is 1. The summed E-state index contributed by atoms with van der Waals surface area (Å²) < 4.78 is 9.84. The number of rotatable bonds is 8. The van der Waals surface area contributed by atoms with Crippen molar-refractivity contribution in [1.29, 1.82) is 0 Å². The number of carbonyl (C=O) groups is 6. The van der Waals surface area contributed by atoms with Crippen LogP contribution in [0.3, 0.4) is 0 Å². The van der Waals surface area contributed by atoms with Crippen LogP contribution in [0.4, 0.5) is 14.4 Å². The number of hydrogen-bond donors (Lipinski definition) is 4. The molecule has 3 rings (SSSR count). The number of amides is 6. The van der Waals surface area contributed by atoms with Crippen molar-refractivity contribution in [2.24, 2.45) is 5.73 Å². The molecule has 0 radical (unpaired) electrons. The molecule has 2 aliphatic heterocycles. The van der Waals surface area contributed by atoms with E-state index in [0.29, 0.717) is 29.2 Å². The number of hydrogen-bond acceptors (Lipinski definition) is 11. The Morgan fingerprint density at radius 3 is 2.04 bits per heavy atom. The van der Waals surface area contributed by atoms with E-state index < -0.39 is 95.0 Å². The van der Waals surface area contributed by atoms with E-state index in [-0.39, 0.29) is 12.8 Å². The highest BCUT2D eigenvalue weighted by molar-refractivity contribution is 6.00. The molecule has 0 aliphatic carbocycles. The van der Waals surface area contributed by atoms with Crippen molar-refractivity contribution in [2.75, 3.05) is 19.6 Å². The summed E-state index contributed by atoms with van der Waals surface area (Å²) in [6.07, 6.45) is -5.81. The quantitative estimate of drug-likeness (QED) is 0.232. The fourth-order valence-electron chi connectivity index (χ4n) is 6.39. The number of benzene rings is 1. The Morgan fingerprint density at radius 1 is 1.00 bits per heavy atom. The zero-order chi connectivity index (χ0) is 36.2. The summed E-state index contributed by atoms with van der Waals surface area (Å²) in [5.41, 5.74) is 1.62. The number of nitrogens with two attached hydrogens (primary N) is 1. The number of quaternary nitrogens is 1. The summed E-state index contributed by atoms with van der Waals surface area (Å²) in [5, 5.41) is 25.1. The highest BCUT2D eigenvalue weighted by Crippen LogP contribution is 2.44. The molecule has 5 atom stereocenters. The maximum absolute atomic E-state index is 14.4. The molecule has 0 bridgehead atoms. The summed E-state index contributed by atoms with van der Waals surface area (Å²) in [6.45, 7) is 9.26. The smallest absolute Gasteiger partial charge is 0.443 e. The summed E-state index contributed by atoms with van der Waals surface area (Å²) in [7, 11) is 0. The average molecular weight is 677 g/mol. The molecule has 5 N–H and O–H groups in total. The van der Waals surface area contributed by atoms with Gasteiger partial charge in [-0.15, -0.1) is 0 Å². The second-order valence-corrected chi connectivity index (χ2v) is 14.4. The molecule has 2 fully saturated rings. The van der Waals surface area contributed by atoms with E-state index in [1.165, 1.54) is 48.5 Å². The SMILES string of the molecule is C[C@@H]1C[C@](N(C(=O)CN)C(=O)OC(C)(C)C)(N(C(=O)OC(C)(C)C)C(=O)[C@H](O)CCc2ccccc2)C[N@+]1(C(=O)O)C(=O)[C@@H]1CCCN1. The second-order valence-electron chi connectivity index (χ2n) is 14.4. The fraction of sp³-hybridized carbons (Fsp3) is 0.636. The van der Waals surface area contributed by atoms with E-state index in [9.17, 15) is 39.0 Å². The molecule has 0 unspecified atom stereocenters. The number of aliphatic hydroxyl groups is 1. The Morgan fingerprint density at radius 2 is 1.56 bits per heavy atom. The summed E-state index contributed by atoms with van der Waals surface area (Å²) in [5.74, 6) is -3.16. The molecule has 48 heavy (non-hydrogen) atoms. The van der Waals surface area contributed by atoms with Gasteiger partial charge in [0.2, 0.25) is 5.91 Å². The molecular formula is C33H50N5O10+. The van der Waals surface area contributed by atoms with Crippen LogP contribution < -0.4 is 11.1 Å². The van der Waals surface area contributed by atoms with E-state index in [1.807, 2.05) is 0 Å². The van der Waals surface area contributed by atoms with Crippen LogP contribution in [0.5, 0.6) is 0 Å². The van der Waals surface area contributed by atoms with Crippen molar-refractivity contribution >= 4 is 36.0 Å². The molecule has 1 aromatic carbocycles. The predicted molar refractivity (Wildman–Crippen MR) is 172 cm³/mol. The first-order valence-corrected chi connectivity index (χ1v) is 16.1. The van der Waals surface area contributed by atoms with Crippen LogP contribution in [-0.4, -0.2) is 115 Å². The molecular weight excluding hydrogens is 626 g/mol. The molecule has 2 heterocycles. The minimum Gasteiger partial charge on any atom is -0.443 e. The number of nitrogens with zero attached hydrogens (tertiary/aromatic N) is 3. The van der Waals surface area contributed by atoms with Crippen molar-refractivity contribution in [3.63, 3.8) is 0 Å². The number of likely N-dealkylation sites (tertiary alicyclic amines) is 1. The van der Waals surface area contributed by atoms with Gasteiger partial charge in [-0.2, -0.15) is 9.28 Å². The van der Waals surface area contributed by atoms with Gasteiger partial charge in [-0.05, 0) is 86.3 Å². The minimum atomic E-state index is -2.52. The monoisotopic (exact) mass is 676 g/mol. The first-order chi connectivity index (χ1) is 22.2. The average Bonchev–Trinajstić information content (AvgIpc) is 3.61. The van der Waals surface area contributed by atoms with Gasteiger partial charge in [-0.25, -0.2) is 24.2 Å². The third kappa shape index (κ3) is 8.20. The van der Waals surface area contributed by atoms with Gasteiger partial charge in [0, 0.05) is 6.42 Å². The molecule has 15 nitrogen and oxygen atoms in total. The van der Waals surface area contributed by atoms with Crippen LogP contribution in [0.2, 0.25) is 0 Å². The molecule has 0 saturated carbocycles. The maximum atomic E-state index is 14.4. The van der Waals surface area contributed by atoms with Gasteiger partial charge < -0.3 is 30.7 Å². The fourth-order valence-corrected chi connectivity index (χ4v) is 6.39. The Kier molecular flexibility index (Phi) is 11.8. The Hall–Kier alpha value is -3.92. The van der Waals surface area contributed by atoms with Crippen molar-refractivity contribution in [1.82, 2.24) is 15.1 Å². The van der Waals surface area contributed by atoms with Gasteiger partial charge in [0.25, 0.3) is 5.91 Å². The maximum Gasteiger partial charge on any atom is 0.521 e. The standard InChI is InChI=1S/C33H49N5O10/c1-21-18-33(36(25(40)19-34)28(43)47-31(2,3)4,20-38(21,30(45)46)27(42)23-14-11-17-35-23)37(29(44)48-32(5,6)7)26(41)24(39)16-15-22-12-9-8-10-13-22/h8-10,12-13,21,23-24,35,39H,11,14-20,34H2,1-7H3/p+1/t21-,23+,24-,33+,38-/m1/s1. The molecule has 2 aliphatic rings. The van der Waals surface area contributed by atoms with Crippen molar-refractivity contribution in [3.05, 3.63) is 35.9 Å². The van der Waals surface area contributed by atoms with Crippen LogP contribution in [0.15, 0.2) is 30.3 Å². The second kappa shape index (κ2) is 14.7. The van der Waals surface area contributed by atoms with Crippen LogP contribution in [-0.2, 0) is 30.3 Å². The Bertz CT molecular complexity index is 1390. The van der Waals surface area contributed by atoms with Crippen LogP contribution in [0.25, 0.3) is 0 Å². The normalized spacial score (nSPS) is 24.8. The van der Waals surface area contributed by atoms with Crippen LogP contribution in [0, 0.1) is 0 Å². The summed E-state index contributed by atoms with van der Waals surface area (Å²) >= 11 is 0. The molecule has 0 spiro atoms. The van der Waals surface area contributed by atoms with Gasteiger partial charge in [-0.3, -0.25) is 9.59 Å². The van der Waals surface area contributed by atoms with E-state index in [2.05, 4.69) is 5.32 Å². The molecule has 6 amide bonds. The first-order valence-electron chi connectivity index (χ1n) is 16.1. The summed E-state index contributed by atoms with van der Waals surface area (Å²) in [6, 6.07) is 6.84. The Balaban J connectivity index is 2.32. The number of carboxylic acid groups (broad SMARTS) is 1. The van der Waals surface area contributed by atoms with Gasteiger partial charge >= 0.3 is 24.2 Å². The summed E-state index contributed by atoms with van der Waals surface area (Å²) in [4.78, 5) is 84.7. The van der Waals surface area contributed by atoms with E-state index in [1.54, 1.807) is 30.3 Å². The van der Waals surface area contributed by atoms with Crippen molar-refractivity contribution in [2.45, 2.75) is 116 Å². The van der Waals surface area contributed by atoms with Gasteiger partial charge in [0.15, 0.2) is 5.66 Å². The van der Waals surface area contributed by atoms with Gasteiger partial charge in [0.1, 0.15) is 35.9 Å². The molecule has 266 valence electrons. The zero-order valence-corrected chi connectivity index (χ0v) is 28.9. The van der Waals surface area contributed by atoms with Gasteiger partial charge in [-0.1, -0.05) is 30.3 Å². The highest BCUT2D eigenvalue weighted by Gasteiger charge is 2.71. The lowest BCUT2D eigenvalue weighted by Crippen LogP contribution is -2.73. The van der Waals surface area contributed by atoms with E-state index in [0.717, 1.165) is 5.56 Å². The molecule has 2 saturated heterocycles. The van der Waals surface area contributed by atoms with Crippen LogP contribution in [0.1, 0.15) is 79.7 Å². The number of carbonyl (C=O) groups excluding carboxylic acids is 5. The Labute approximate surface area is 280 Å². The number of nitrogens with one attached hydrogen (secondary N) is 1. The number of ether oxygens (including phenoxy) is 2. The van der Waals surface area contributed by atoms with Crippen molar-refractivity contribution < 1.29 is 52.9 Å². The third-order valence-corrected chi connectivity index (χ3v) is 8.43. The third-order valence-electron chi connectivity index (χ3n) is 8.43. The largest absolute Gasteiger partial charge is 0.521 e. The lowest BCUT2D eigenvalue weighted by Gasteiger charge is -2.45. The minimum absolute atomic E-state index is 0.186. The molecule has 1 aromatic rings. The van der Waals surface area contributed by atoms with E-state index >= 15 is 0 Å². The first kappa shape index (κ1) is 38.5. The number of aryl methyl sites for hydroxylation is 1. The molecule has 0 aromatic heterocycles. The van der Waals surface area contributed by atoms with Crippen LogP contribution >= 0.6 is 0 Å². The van der Waals surface area contributed by atoms with Crippen molar-refractivity contribution in [3.8, 4) is 0 Å². The topological polar surface area (TPSA) is 206 Å². The zero-order valence-electron chi connectivity index (χ0n) is 28.9. The number of imide groups is 3. The lowest BCUT2D eigenvalue weighted by molar-refractivity contribution is -0.796. The lowest BCUT2D eigenvalue weighted by atomic mass is 9.99. The predicted octanol–water partition coefficient (Wildman–Crippen LogP) is 2.73. The molecule has 15 heteroatoms. The van der Waals surface area contributed by atoms with E-state index in [4.69, 9.17) is 15.2 Å².